The minimum Gasteiger partial charge on any atom is -0.507 e. The Morgan fingerprint density at radius 1 is 1.19 bits per heavy atom. The second kappa shape index (κ2) is 6.26. The molecule has 0 aliphatic rings. The third kappa shape index (κ3) is 3.31. The van der Waals surface area contributed by atoms with Crippen molar-refractivity contribution in [2.24, 2.45) is 0 Å². The molecular weight excluding hydrogens is 270 g/mol. The molecule has 0 atom stereocenters. The van der Waals surface area contributed by atoms with Crippen molar-refractivity contribution in [3.8, 4) is 5.75 Å². The first kappa shape index (κ1) is 14.8. The number of fused-ring (bicyclic) bond motifs is 1. The van der Waals surface area contributed by atoms with Crippen molar-refractivity contribution in [2.75, 3.05) is 20.2 Å². The molecule has 0 saturated heterocycles. The van der Waals surface area contributed by atoms with Crippen molar-refractivity contribution in [1.29, 1.82) is 0 Å². The summed E-state index contributed by atoms with van der Waals surface area (Å²) in [5.41, 5.74) is 0.167. The van der Waals surface area contributed by atoms with Gasteiger partial charge in [0, 0.05) is 7.05 Å². The van der Waals surface area contributed by atoms with Gasteiger partial charge < -0.3 is 14.7 Å². The monoisotopic (exact) mass is 287 g/mol. The summed E-state index contributed by atoms with van der Waals surface area (Å²) in [5, 5.41) is 11.7. The number of phenolic OH excluding ortho intramolecular Hbond substituents is 1. The third-order valence-corrected chi connectivity index (χ3v) is 3.11. The van der Waals surface area contributed by atoms with Gasteiger partial charge in [-0.05, 0) is 29.8 Å². The van der Waals surface area contributed by atoms with Crippen LogP contribution in [0.4, 0.5) is 0 Å². The third-order valence-electron chi connectivity index (χ3n) is 3.11. The molecule has 21 heavy (non-hydrogen) atoms. The molecule has 0 radical (unpaired) electrons. The van der Waals surface area contributed by atoms with Gasteiger partial charge in [0.05, 0.1) is 12.2 Å². The van der Waals surface area contributed by atoms with Gasteiger partial charge in [0.25, 0.3) is 5.91 Å². The first-order chi connectivity index (χ1) is 10.0. The largest absolute Gasteiger partial charge is 0.507 e. The summed E-state index contributed by atoms with van der Waals surface area (Å²) >= 11 is 0. The fraction of sp³-hybridized carbons (Fsp3) is 0.250. The highest BCUT2D eigenvalue weighted by Crippen LogP contribution is 2.25. The molecule has 0 aromatic heterocycles. The summed E-state index contributed by atoms with van der Waals surface area (Å²) in [4.78, 5) is 24.9. The van der Waals surface area contributed by atoms with Crippen LogP contribution < -0.4 is 0 Å². The minimum absolute atomic E-state index is 0.102. The molecule has 0 fully saturated rings. The van der Waals surface area contributed by atoms with Crippen LogP contribution in [0.2, 0.25) is 0 Å². The number of hydrogen-bond donors (Lipinski definition) is 1. The number of phenols is 1. The molecule has 5 nitrogen and oxygen atoms in total. The highest BCUT2D eigenvalue weighted by atomic mass is 16.5. The van der Waals surface area contributed by atoms with Crippen LogP contribution in [0.5, 0.6) is 5.75 Å². The van der Waals surface area contributed by atoms with Crippen molar-refractivity contribution in [2.45, 2.75) is 6.92 Å². The lowest BCUT2D eigenvalue weighted by molar-refractivity contribution is -0.143. The summed E-state index contributed by atoms with van der Waals surface area (Å²) in [6.45, 7) is 1.82. The van der Waals surface area contributed by atoms with Crippen LogP contribution in [0, 0.1) is 0 Å². The van der Waals surface area contributed by atoms with Crippen molar-refractivity contribution in [3.05, 3.63) is 42.0 Å². The summed E-state index contributed by atoms with van der Waals surface area (Å²) in [5.74, 6) is -1.01. The highest BCUT2D eigenvalue weighted by molar-refractivity contribution is 6.02. The molecule has 110 valence electrons. The predicted molar refractivity (Wildman–Crippen MR) is 79.2 cm³/mol. The van der Waals surface area contributed by atoms with Gasteiger partial charge in [-0.15, -0.1) is 0 Å². The summed E-state index contributed by atoms with van der Waals surface area (Å²) in [6, 6.07) is 10.6. The number of benzene rings is 2. The molecule has 2 aromatic carbocycles. The molecule has 5 heteroatoms. The lowest BCUT2D eigenvalue weighted by Crippen LogP contribution is -2.33. The Hall–Kier alpha value is -2.56. The number of hydrogen-bond acceptors (Lipinski definition) is 4. The van der Waals surface area contributed by atoms with E-state index in [0.717, 1.165) is 10.8 Å². The topological polar surface area (TPSA) is 66.8 Å². The second-order valence-corrected chi connectivity index (χ2v) is 4.68. The fourth-order valence-electron chi connectivity index (χ4n) is 2.08. The maximum absolute atomic E-state index is 12.3. The van der Waals surface area contributed by atoms with E-state index in [1.54, 1.807) is 19.1 Å². The molecular formula is C16H17NO4. The van der Waals surface area contributed by atoms with Gasteiger partial charge in [0.1, 0.15) is 12.3 Å². The molecule has 0 aliphatic heterocycles. The lowest BCUT2D eigenvalue weighted by Gasteiger charge is -2.17. The average molecular weight is 287 g/mol. The smallest absolute Gasteiger partial charge is 0.325 e. The zero-order valence-corrected chi connectivity index (χ0v) is 12.0. The molecule has 0 spiro atoms. The number of aromatic hydroxyl groups is 1. The van der Waals surface area contributed by atoms with Crippen molar-refractivity contribution in [3.63, 3.8) is 0 Å². The maximum Gasteiger partial charge on any atom is 0.325 e. The van der Waals surface area contributed by atoms with E-state index in [9.17, 15) is 14.7 Å². The van der Waals surface area contributed by atoms with Crippen molar-refractivity contribution < 1.29 is 19.4 Å². The Kier molecular flexibility index (Phi) is 4.42. The van der Waals surface area contributed by atoms with E-state index in [0.29, 0.717) is 0 Å². The standard InChI is InChI=1S/C16H17NO4/c1-3-21-15(19)10-17(2)16(20)13-8-11-6-4-5-7-12(11)9-14(13)18/h4-9,18H,3,10H2,1-2H3. The molecule has 1 N–H and O–H groups in total. The number of amides is 1. The summed E-state index contributed by atoms with van der Waals surface area (Å²) in [6.07, 6.45) is 0. The Morgan fingerprint density at radius 2 is 1.81 bits per heavy atom. The Bertz CT molecular complexity index is 681. The second-order valence-electron chi connectivity index (χ2n) is 4.68. The normalized spacial score (nSPS) is 10.4. The highest BCUT2D eigenvalue weighted by Gasteiger charge is 2.19. The summed E-state index contributed by atoms with van der Waals surface area (Å²) < 4.78 is 4.80. The van der Waals surface area contributed by atoms with Crippen LogP contribution >= 0.6 is 0 Å². The minimum atomic E-state index is -0.478. The number of likely N-dealkylation sites (N-methyl/N-ethyl adjacent to an activating group) is 1. The van der Waals surface area contributed by atoms with Crippen LogP contribution in [0.3, 0.4) is 0 Å². The van der Waals surface area contributed by atoms with Gasteiger partial charge in [0.15, 0.2) is 0 Å². The van der Waals surface area contributed by atoms with Gasteiger partial charge in [-0.1, -0.05) is 24.3 Å². The Morgan fingerprint density at radius 3 is 2.43 bits per heavy atom. The van der Waals surface area contributed by atoms with Gasteiger partial charge >= 0.3 is 5.97 Å². The van der Waals surface area contributed by atoms with Gasteiger partial charge in [-0.2, -0.15) is 0 Å². The average Bonchev–Trinajstić information content (AvgIpc) is 2.46. The predicted octanol–water partition coefficient (Wildman–Crippen LogP) is 2.18. The molecule has 0 unspecified atom stereocenters. The number of nitrogens with zero attached hydrogens (tertiary/aromatic N) is 1. The number of carbonyl (C=O) groups is 2. The van der Waals surface area contributed by atoms with Gasteiger partial charge in [0.2, 0.25) is 0 Å². The summed E-state index contributed by atoms with van der Waals surface area (Å²) in [7, 11) is 1.49. The van der Waals surface area contributed by atoms with Crippen LogP contribution in [0.25, 0.3) is 10.8 Å². The van der Waals surface area contributed by atoms with Gasteiger partial charge in [-0.25, -0.2) is 0 Å². The number of rotatable bonds is 4. The van der Waals surface area contributed by atoms with Crippen molar-refractivity contribution in [1.82, 2.24) is 4.90 Å². The first-order valence-electron chi connectivity index (χ1n) is 6.65. The Balaban J connectivity index is 2.26. The SMILES string of the molecule is CCOC(=O)CN(C)C(=O)c1cc2ccccc2cc1O. The van der Waals surface area contributed by atoms with E-state index in [2.05, 4.69) is 0 Å². The molecule has 0 bridgehead atoms. The van der Waals surface area contributed by atoms with Crippen LogP contribution in [-0.2, 0) is 9.53 Å². The van der Waals surface area contributed by atoms with Crippen LogP contribution in [0.15, 0.2) is 36.4 Å². The van der Waals surface area contributed by atoms with E-state index in [4.69, 9.17) is 4.74 Å². The molecule has 0 heterocycles. The van der Waals surface area contributed by atoms with E-state index in [1.807, 2.05) is 24.3 Å². The Labute approximate surface area is 122 Å². The van der Waals surface area contributed by atoms with E-state index >= 15 is 0 Å². The molecule has 2 aromatic rings. The molecule has 2 rings (SSSR count). The van der Waals surface area contributed by atoms with E-state index in [1.165, 1.54) is 11.9 Å². The zero-order chi connectivity index (χ0) is 15.4. The first-order valence-corrected chi connectivity index (χ1v) is 6.65. The lowest BCUT2D eigenvalue weighted by atomic mass is 10.1. The van der Waals surface area contributed by atoms with Gasteiger partial charge in [-0.3, -0.25) is 9.59 Å². The number of ether oxygens (including phenoxy) is 1. The molecule has 1 amide bonds. The number of esters is 1. The molecule has 0 saturated carbocycles. The zero-order valence-electron chi connectivity index (χ0n) is 12.0. The number of carbonyl (C=O) groups excluding carboxylic acids is 2. The van der Waals surface area contributed by atoms with Crippen molar-refractivity contribution >= 4 is 22.6 Å². The maximum atomic E-state index is 12.3. The van der Waals surface area contributed by atoms with Crippen LogP contribution in [-0.4, -0.2) is 42.1 Å². The fourth-order valence-corrected chi connectivity index (χ4v) is 2.08. The molecule has 0 aliphatic carbocycles. The van der Waals surface area contributed by atoms with E-state index in [-0.39, 0.29) is 24.5 Å². The quantitative estimate of drug-likeness (QED) is 0.875. The van der Waals surface area contributed by atoms with E-state index < -0.39 is 11.9 Å². The van der Waals surface area contributed by atoms with Crippen LogP contribution in [0.1, 0.15) is 17.3 Å².